The highest BCUT2D eigenvalue weighted by Gasteiger charge is 2.25. The molecule has 3 rings (SSSR count). The zero-order valence-corrected chi connectivity index (χ0v) is 15.9. The number of thiophene rings is 1. The second-order valence-electron chi connectivity index (χ2n) is 6.78. The molecule has 1 aliphatic rings. The predicted octanol–water partition coefficient (Wildman–Crippen LogP) is 3.01. The van der Waals surface area contributed by atoms with E-state index in [-0.39, 0.29) is 0 Å². The molecule has 0 spiro atoms. The van der Waals surface area contributed by atoms with E-state index in [4.69, 9.17) is 0 Å². The first-order valence-corrected chi connectivity index (χ1v) is 9.41. The van der Waals surface area contributed by atoms with Gasteiger partial charge >= 0.3 is 0 Å². The molecule has 3 heterocycles. The Kier molecular flexibility index (Phi) is 5.36. The van der Waals surface area contributed by atoms with Gasteiger partial charge in [-0.25, -0.2) is 4.98 Å². The van der Waals surface area contributed by atoms with Gasteiger partial charge < -0.3 is 9.80 Å². The van der Waals surface area contributed by atoms with Crippen molar-refractivity contribution in [2.45, 2.75) is 32.4 Å². The van der Waals surface area contributed by atoms with Gasteiger partial charge in [0.05, 0.1) is 0 Å². The van der Waals surface area contributed by atoms with Gasteiger partial charge in [0.2, 0.25) is 5.95 Å². The Labute approximate surface area is 148 Å². The van der Waals surface area contributed by atoms with Crippen LogP contribution in [-0.2, 0) is 6.54 Å². The van der Waals surface area contributed by atoms with Crippen molar-refractivity contribution in [1.29, 1.82) is 0 Å². The van der Waals surface area contributed by atoms with Crippen LogP contribution in [0.25, 0.3) is 0 Å². The maximum absolute atomic E-state index is 4.69. The fourth-order valence-corrected chi connectivity index (χ4v) is 4.15. The summed E-state index contributed by atoms with van der Waals surface area (Å²) in [5, 5.41) is 2.20. The summed E-state index contributed by atoms with van der Waals surface area (Å²) in [6, 6.07) is 4.73. The highest BCUT2D eigenvalue weighted by atomic mass is 32.1. The molecule has 0 bridgehead atoms. The molecule has 1 saturated heterocycles. The van der Waals surface area contributed by atoms with Crippen molar-refractivity contribution >= 4 is 23.1 Å². The van der Waals surface area contributed by atoms with Gasteiger partial charge in [-0.3, -0.25) is 4.90 Å². The Balaban J connectivity index is 1.67. The van der Waals surface area contributed by atoms with Gasteiger partial charge in [0, 0.05) is 51.3 Å². The number of piperidine rings is 1. The lowest BCUT2D eigenvalue weighted by Gasteiger charge is -2.38. The fraction of sp³-hybridized carbons (Fsp3) is 0.556. The topological polar surface area (TPSA) is 35.5 Å². The summed E-state index contributed by atoms with van der Waals surface area (Å²) in [6.07, 6.45) is 4.31. The van der Waals surface area contributed by atoms with Crippen molar-refractivity contribution < 1.29 is 0 Å². The number of likely N-dealkylation sites (N-methyl/N-ethyl adjacent to an activating group) is 1. The smallest absolute Gasteiger partial charge is 0.226 e. The predicted molar refractivity (Wildman–Crippen MR) is 102 cm³/mol. The molecule has 1 unspecified atom stereocenters. The number of likely N-dealkylation sites (tertiary alicyclic amines) is 1. The van der Waals surface area contributed by atoms with Crippen molar-refractivity contribution in [3.63, 3.8) is 0 Å². The van der Waals surface area contributed by atoms with Crippen LogP contribution in [0, 0.1) is 6.92 Å². The summed E-state index contributed by atoms with van der Waals surface area (Å²) < 4.78 is 0. The molecule has 24 heavy (non-hydrogen) atoms. The van der Waals surface area contributed by atoms with Crippen LogP contribution >= 0.6 is 11.3 Å². The van der Waals surface area contributed by atoms with Crippen LogP contribution in [-0.4, -0.2) is 55.1 Å². The second-order valence-corrected chi connectivity index (χ2v) is 7.78. The number of hydrogen-bond donors (Lipinski definition) is 0. The van der Waals surface area contributed by atoms with Gasteiger partial charge in [-0.15, -0.1) is 11.3 Å². The normalized spacial score (nSPS) is 18.6. The average Bonchev–Trinajstić information content (AvgIpc) is 2.99. The standard InChI is InChI=1S/C18H27N5S/c1-14-8-11-24-16(14)13-23-10-5-6-15(12-23)22(4)17-7-9-19-18(20-17)21(2)3/h7-9,11,15H,5-6,10,12-13H2,1-4H3. The quantitative estimate of drug-likeness (QED) is 0.832. The summed E-state index contributed by atoms with van der Waals surface area (Å²) in [5.74, 6) is 1.77. The van der Waals surface area contributed by atoms with E-state index in [1.807, 2.05) is 42.6 Å². The third kappa shape index (κ3) is 3.87. The minimum Gasteiger partial charge on any atom is -0.355 e. The van der Waals surface area contributed by atoms with Crippen LogP contribution in [0.2, 0.25) is 0 Å². The number of hydrogen-bond acceptors (Lipinski definition) is 6. The van der Waals surface area contributed by atoms with Crippen molar-refractivity contribution in [1.82, 2.24) is 14.9 Å². The Morgan fingerprint density at radius 3 is 2.83 bits per heavy atom. The van der Waals surface area contributed by atoms with E-state index in [0.717, 1.165) is 24.9 Å². The number of aromatic nitrogens is 2. The molecule has 5 nitrogen and oxygen atoms in total. The fourth-order valence-electron chi connectivity index (χ4n) is 3.20. The maximum atomic E-state index is 4.69. The molecule has 1 aliphatic heterocycles. The highest BCUT2D eigenvalue weighted by molar-refractivity contribution is 7.10. The molecular formula is C18H27N5S. The van der Waals surface area contributed by atoms with Crippen LogP contribution in [0.5, 0.6) is 0 Å². The van der Waals surface area contributed by atoms with Gasteiger partial charge in [0.25, 0.3) is 0 Å². The summed E-state index contributed by atoms with van der Waals surface area (Å²) >= 11 is 1.87. The first-order chi connectivity index (χ1) is 11.5. The molecule has 2 aromatic rings. The summed E-state index contributed by atoms with van der Waals surface area (Å²) in [5.41, 5.74) is 1.42. The van der Waals surface area contributed by atoms with Crippen molar-refractivity contribution in [3.8, 4) is 0 Å². The van der Waals surface area contributed by atoms with E-state index in [1.165, 1.54) is 29.8 Å². The number of aryl methyl sites for hydroxylation is 1. The Bertz CT molecular complexity index is 669. The SMILES string of the molecule is Cc1ccsc1CN1CCCC(N(C)c2ccnc(N(C)C)n2)C1. The van der Waals surface area contributed by atoms with Crippen molar-refractivity contribution in [2.24, 2.45) is 0 Å². The molecule has 130 valence electrons. The molecule has 0 radical (unpaired) electrons. The van der Waals surface area contributed by atoms with E-state index in [2.05, 4.69) is 45.2 Å². The minimum atomic E-state index is 0.504. The molecule has 0 amide bonds. The molecule has 0 aliphatic carbocycles. The number of rotatable bonds is 5. The van der Waals surface area contributed by atoms with E-state index in [9.17, 15) is 0 Å². The Morgan fingerprint density at radius 2 is 2.12 bits per heavy atom. The molecular weight excluding hydrogens is 318 g/mol. The van der Waals surface area contributed by atoms with Crippen molar-refractivity contribution in [3.05, 3.63) is 34.2 Å². The minimum absolute atomic E-state index is 0.504. The summed E-state index contributed by atoms with van der Waals surface area (Å²) in [7, 11) is 6.11. The zero-order valence-electron chi connectivity index (χ0n) is 15.1. The van der Waals surface area contributed by atoms with Gasteiger partial charge in [0.15, 0.2) is 0 Å². The van der Waals surface area contributed by atoms with Gasteiger partial charge in [-0.1, -0.05) is 0 Å². The van der Waals surface area contributed by atoms with Gasteiger partial charge in [-0.05, 0) is 49.4 Å². The van der Waals surface area contributed by atoms with Gasteiger partial charge in [-0.2, -0.15) is 4.98 Å². The van der Waals surface area contributed by atoms with Crippen molar-refractivity contribution in [2.75, 3.05) is 44.0 Å². The molecule has 1 atom stereocenters. The summed E-state index contributed by atoms with van der Waals surface area (Å²) in [6.45, 7) is 5.56. The third-order valence-electron chi connectivity index (χ3n) is 4.75. The Hall–Kier alpha value is -1.66. The lowest BCUT2D eigenvalue weighted by Crippen LogP contribution is -2.46. The lowest BCUT2D eigenvalue weighted by molar-refractivity contribution is 0.199. The van der Waals surface area contributed by atoms with Crippen LogP contribution in [0.3, 0.4) is 0 Å². The lowest BCUT2D eigenvalue weighted by atomic mass is 10.0. The first kappa shape index (κ1) is 17.2. The third-order valence-corrected chi connectivity index (χ3v) is 5.76. The van der Waals surface area contributed by atoms with E-state index in [0.29, 0.717) is 6.04 Å². The molecule has 2 aromatic heterocycles. The molecule has 0 N–H and O–H groups in total. The van der Waals surface area contributed by atoms with Crippen LogP contribution < -0.4 is 9.80 Å². The van der Waals surface area contributed by atoms with E-state index in [1.54, 1.807) is 0 Å². The number of nitrogens with zero attached hydrogens (tertiary/aromatic N) is 5. The molecule has 0 aromatic carbocycles. The maximum Gasteiger partial charge on any atom is 0.226 e. The molecule has 6 heteroatoms. The average molecular weight is 346 g/mol. The van der Waals surface area contributed by atoms with Crippen LogP contribution in [0.15, 0.2) is 23.7 Å². The molecule has 0 saturated carbocycles. The first-order valence-electron chi connectivity index (χ1n) is 8.53. The highest BCUT2D eigenvalue weighted by Crippen LogP contribution is 2.24. The number of anilines is 2. The van der Waals surface area contributed by atoms with Gasteiger partial charge in [0.1, 0.15) is 5.82 Å². The zero-order chi connectivity index (χ0) is 17.1. The molecule has 1 fully saturated rings. The summed E-state index contributed by atoms with van der Waals surface area (Å²) in [4.78, 5) is 17.4. The van der Waals surface area contributed by atoms with E-state index < -0.39 is 0 Å². The van der Waals surface area contributed by atoms with Crippen LogP contribution in [0.4, 0.5) is 11.8 Å². The second kappa shape index (κ2) is 7.49. The monoisotopic (exact) mass is 345 g/mol. The largest absolute Gasteiger partial charge is 0.355 e. The van der Waals surface area contributed by atoms with Crippen LogP contribution in [0.1, 0.15) is 23.3 Å². The van der Waals surface area contributed by atoms with E-state index >= 15 is 0 Å². The Morgan fingerprint density at radius 1 is 1.29 bits per heavy atom.